The number of hydrogen-bond acceptors (Lipinski definition) is 2. The molecule has 0 saturated carbocycles. The van der Waals surface area contributed by atoms with Crippen molar-refractivity contribution in [3.05, 3.63) is 29.3 Å². The topological polar surface area (TPSA) is 35.8 Å². The third kappa shape index (κ3) is 6.21. The molecule has 21 heavy (non-hydrogen) atoms. The maximum Gasteiger partial charge on any atom is 0.101 e. The van der Waals surface area contributed by atoms with Crippen LogP contribution in [0.1, 0.15) is 77.3 Å². The van der Waals surface area contributed by atoms with E-state index in [4.69, 9.17) is 0 Å². The lowest BCUT2D eigenvalue weighted by atomic mass is 9.86. The molecule has 0 aromatic heterocycles. The van der Waals surface area contributed by atoms with E-state index in [1.807, 2.05) is 6.07 Å². The van der Waals surface area contributed by atoms with E-state index in [0.29, 0.717) is 0 Å². The van der Waals surface area contributed by atoms with Gasteiger partial charge in [0.05, 0.1) is 11.3 Å². The standard InChI is InChI=1S/C19H30N2/c1-5-6-7-8-9-10-13-21-18-12-11-17(19(2,3)4)14-16(18)15-20/h11-12,14,21H,5-10,13H2,1-4H3. The van der Waals surface area contributed by atoms with Crippen molar-refractivity contribution in [3.63, 3.8) is 0 Å². The van der Waals surface area contributed by atoms with Gasteiger partial charge in [-0.1, -0.05) is 65.9 Å². The van der Waals surface area contributed by atoms with E-state index < -0.39 is 0 Å². The molecule has 0 aliphatic carbocycles. The number of nitrogens with one attached hydrogen (secondary N) is 1. The highest BCUT2D eigenvalue weighted by Gasteiger charge is 2.15. The van der Waals surface area contributed by atoms with E-state index in [1.54, 1.807) is 0 Å². The van der Waals surface area contributed by atoms with Gasteiger partial charge >= 0.3 is 0 Å². The average Bonchev–Trinajstić information content (AvgIpc) is 2.45. The predicted octanol–water partition coefficient (Wildman–Crippen LogP) is 5.63. The molecule has 1 rings (SSSR count). The summed E-state index contributed by atoms with van der Waals surface area (Å²) in [7, 11) is 0. The van der Waals surface area contributed by atoms with Crippen LogP contribution in [0.25, 0.3) is 0 Å². The Morgan fingerprint density at radius 1 is 1.05 bits per heavy atom. The fraction of sp³-hybridized carbons (Fsp3) is 0.632. The van der Waals surface area contributed by atoms with Crippen LogP contribution in [0.5, 0.6) is 0 Å². The fourth-order valence-corrected chi connectivity index (χ4v) is 2.39. The molecule has 1 N–H and O–H groups in total. The van der Waals surface area contributed by atoms with Gasteiger partial charge in [-0.15, -0.1) is 0 Å². The number of nitrogens with zero attached hydrogens (tertiary/aromatic N) is 1. The molecule has 0 radical (unpaired) electrons. The normalized spacial score (nSPS) is 11.2. The van der Waals surface area contributed by atoms with Gasteiger partial charge in [0.15, 0.2) is 0 Å². The first-order chi connectivity index (χ1) is 9.99. The highest BCUT2D eigenvalue weighted by Crippen LogP contribution is 2.26. The SMILES string of the molecule is CCCCCCCCNc1ccc(C(C)(C)C)cc1C#N. The second-order valence-electron chi connectivity index (χ2n) is 6.82. The van der Waals surface area contributed by atoms with Gasteiger partial charge in [0.1, 0.15) is 6.07 Å². The van der Waals surface area contributed by atoms with Crippen LogP contribution in [0.3, 0.4) is 0 Å². The zero-order valence-electron chi connectivity index (χ0n) is 14.1. The van der Waals surface area contributed by atoms with Crippen molar-refractivity contribution in [2.24, 2.45) is 0 Å². The average molecular weight is 286 g/mol. The number of benzene rings is 1. The Labute approximate surface area is 130 Å². The molecule has 0 heterocycles. The lowest BCUT2D eigenvalue weighted by Crippen LogP contribution is -2.12. The molecule has 0 aliphatic heterocycles. The highest BCUT2D eigenvalue weighted by molar-refractivity contribution is 5.59. The van der Waals surface area contributed by atoms with Crippen LogP contribution < -0.4 is 5.32 Å². The van der Waals surface area contributed by atoms with Gasteiger partial charge in [-0.2, -0.15) is 5.26 Å². The molecule has 2 heteroatoms. The van der Waals surface area contributed by atoms with E-state index in [1.165, 1.54) is 44.1 Å². The largest absolute Gasteiger partial charge is 0.384 e. The second kappa shape index (κ2) is 8.72. The van der Waals surface area contributed by atoms with Crippen molar-refractivity contribution in [1.29, 1.82) is 5.26 Å². The van der Waals surface area contributed by atoms with Crippen LogP contribution in [-0.2, 0) is 5.41 Å². The minimum Gasteiger partial charge on any atom is -0.384 e. The van der Waals surface area contributed by atoms with Gasteiger partial charge < -0.3 is 5.32 Å². The first-order valence-corrected chi connectivity index (χ1v) is 8.27. The smallest absolute Gasteiger partial charge is 0.101 e. The number of nitriles is 1. The molecular weight excluding hydrogens is 256 g/mol. The van der Waals surface area contributed by atoms with E-state index in [0.717, 1.165) is 17.8 Å². The Hall–Kier alpha value is -1.49. The van der Waals surface area contributed by atoms with Crippen molar-refractivity contribution in [2.45, 2.75) is 71.6 Å². The molecule has 1 aromatic rings. The summed E-state index contributed by atoms with van der Waals surface area (Å²) in [5.74, 6) is 0. The van der Waals surface area contributed by atoms with E-state index >= 15 is 0 Å². The predicted molar refractivity (Wildman–Crippen MR) is 91.7 cm³/mol. The molecular formula is C19H30N2. The van der Waals surface area contributed by atoms with Crippen LogP contribution >= 0.6 is 0 Å². The number of unbranched alkanes of at least 4 members (excludes halogenated alkanes) is 5. The molecule has 0 fully saturated rings. The fourth-order valence-electron chi connectivity index (χ4n) is 2.39. The maximum absolute atomic E-state index is 9.32. The Morgan fingerprint density at radius 2 is 1.71 bits per heavy atom. The summed E-state index contributed by atoms with van der Waals surface area (Å²) in [4.78, 5) is 0. The lowest BCUT2D eigenvalue weighted by molar-refractivity contribution is 0.590. The monoisotopic (exact) mass is 286 g/mol. The minimum absolute atomic E-state index is 0.0867. The van der Waals surface area contributed by atoms with Crippen molar-refractivity contribution >= 4 is 5.69 Å². The van der Waals surface area contributed by atoms with Crippen molar-refractivity contribution in [1.82, 2.24) is 0 Å². The summed E-state index contributed by atoms with van der Waals surface area (Å²) in [6.07, 6.45) is 7.76. The number of hydrogen-bond donors (Lipinski definition) is 1. The lowest BCUT2D eigenvalue weighted by Gasteiger charge is -2.20. The van der Waals surface area contributed by atoms with Crippen LogP contribution in [0, 0.1) is 11.3 Å². The van der Waals surface area contributed by atoms with E-state index in [-0.39, 0.29) is 5.41 Å². The van der Waals surface area contributed by atoms with E-state index in [9.17, 15) is 5.26 Å². The first kappa shape index (κ1) is 17.6. The van der Waals surface area contributed by atoms with Crippen LogP contribution in [0.2, 0.25) is 0 Å². The summed E-state index contributed by atoms with van der Waals surface area (Å²) in [5.41, 5.74) is 3.03. The molecule has 0 aliphatic rings. The van der Waals surface area contributed by atoms with Gasteiger partial charge in [-0.25, -0.2) is 0 Å². The molecule has 0 atom stereocenters. The van der Waals surface area contributed by atoms with Gasteiger partial charge in [0, 0.05) is 6.54 Å². The van der Waals surface area contributed by atoms with Gasteiger partial charge in [-0.05, 0) is 29.5 Å². The summed E-state index contributed by atoms with van der Waals surface area (Å²) in [6, 6.07) is 8.51. The zero-order valence-corrected chi connectivity index (χ0v) is 14.1. The molecule has 1 aromatic carbocycles. The Morgan fingerprint density at radius 3 is 2.33 bits per heavy atom. The summed E-state index contributed by atoms with van der Waals surface area (Å²) >= 11 is 0. The van der Waals surface area contributed by atoms with Crippen LogP contribution in [-0.4, -0.2) is 6.54 Å². The first-order valence-electron chi connectivity index (χ1n) is 8.27. The molecule has 0 spiro atoms. The van der Waals surface area contributed by atoms with Gasteiger partial charge in [0.2, 0.25) is 0 Å². The maximum atomic E-state index is 9.32. The third-order valence-electron chi connectivity index (χ3n) is 3.85. The van der Waals surface area contributed by atoms with Crippen molar-refractivity contribution in [2.75, 3.05) is 11.9 Å². The number of rotatable bonds is 8. The Balaban J connectivity index is 2.47. The summed E-state index contributed by atoms with van der Waals surface area (Å²) in [5, 5.41) is 12.7. The molecule has 116 valence electrons. The second-order valence-corrected chi connectivity index (χ2v) is 6.82. The van der Waals surface area contributed by atoms with Crippen molar-refractivity contribution < 1.29 is 0 Å². The van der Waals surface area contributed by atoms with Crippen molar-refractivity contribution in [3.8, 4) is 6.07 Å². The Kier molecular flexibility index (Phi) is 7.29. The molecule has 0 amide bonds. The molecule has 0 saturated heterocycles. The number of anilines is 1. The van der Waals surface area contributed by atoms with Crippen LogP contribution in [0.15, 0.2) is 18.2 Å². The highest BCUT2D eigenvalue weighted by atomic mass is 14.9. The molecule has 2 nitrogen and oxygen atoms in total. The molecule has 0 bridgehead atoms. The summed E-state index contributed by atoms with van der Waals surface area (Å²) in [6.45, 7) is 9.72. The van der Waals surface area contributed by atoms with Gasteiger partial charge in [-0.3, -0.25) is 0 Å². The Bertz CT molecular complexity index is 463. The zero-order chi connectivity index (χ0) is 15.7. The van der Waals surface area contributed by atoms with Crippen LogP contribution in [0.4, 0.5) is 5.69 Å². The summed E-state index contributed by atoms with van der Waals surface area (Å²) < 4.78 is 0. The minimum atomic E-state index is 0.0867. The quantitative estimate of drug-likeness (QED) is 0.629. The molecule has 0 unspecified atom stereocenters. The third-order valence-corrected chi connectivity index (χ3v) is 3.85. The van der Waals surface area contributed by atoms with E-state index in [2.05, 4.69) is 51.2 Å². The van der Waals surface area contributed by atoms with Gasteiger partial charge in [0.25, 0.3) is 0 Å².